The van der Waals surface area contributed by atoms with Crippen LogP contribution >= 0.6 is 12.4 Å². The van der Waals surface area contributed by atoms with Crippen LogP contribution in [0.2, 0.25) is 0 Å². The molecule has 1 aliphatic heterocycles. The summed E-state index contributed by atoms with van der Waals surface area (Å²) in [6.45, 7) is 1.96. The predicted molar refractivity (Wildman–Crippen MR) is 96.2 cm³/mol. The highest BCUT2D eigenvalue weighted by Crippen LogP contribution is 2.23. The molecule has 1 saturated heterocycles. The van der Waals surface area contributed by atoms with E-state index in [9.17, 15) is 4.79 Å². The molecule has 2 N–H and O–H groups in total. The third-order valence-electron chi connectivity index (χ3n) is 4.36. The molecule has 25 heavy (non-hydrogen) atoms. The molecule has 4 rings (SSSR count). The van der Waals surface area contributed by atoms with Gasteiger partial charge in [-0.3, -0.25) is 10.1 Å². The molecular formula is C16H20ClN7O. The molecule has 0 unspecified atom stereocenters. The summed E-state index contributed by atoms with van der Waals surface area (Å²) in [4.78, 5) is 21.2. The van der Waals surface area contributed by atoms with Crippen LogP contribution < -0.4 is 10.6 Å². The largest absolute Gasteiger partial charge is 0.317 e. The van der Waals surface area contributed by atoms with Crippen LogP contribution in [0.4, 0.5) is 5.95 Å². The van der Waals surface area contributed by atoms with Crippen molar-refractivity contribution in [2.24, 2.45) is 7.05 Å². The van der Waals surface area contributed by atoms with Crippen molar-refractivity contribution in [2.45, 2.75) is 18.8 Å². The number of amides is 1. The van der Waals surface area contributed by atoms with Gasteiger partial charge in [-0.15, -0.1) is 12.4 Å². The van der Waals surface area contributed by atoms with Crippen molar-refractivity contribution in [3.63, 3.8) is 0 Å². The number of nitrogens with zero attached hydrogens (tertiary/aromatic N) is 5. The van der Waals surface area contributed by atoms with E-state index in [1.165, 1.54) is 0 Å². The molecule has 9 heteroatoms. The van der Waals surface area contributed by atoms with E-state index in [-0.39, 0.29) is 18.3 Å². The summed E-state index contributed by atoms with van der Waals surface area (Å²) in [5, 5.41) is 10.6. The minimum atomic E-state index is -0.210. The lowest BCUT2D eigenvalue weighted by Gasteiger charge is -2.19. The fourth-order valence-corrected chi connectivity index (χ4v) is 2.99. The van der Waals surface area contributed by atoms with E-state index >= 15 is 0 Å². The van der Waals surface area contributed by atoms with Crippen LogP contribution in [-0.2, 0) is 7.05 Å². The van der Waals surface area contributed by atoms with Crippen LogP contribution in [-0.4, -0.2) is 43.1 Å². The van der Waals surface area contributed by atoms with E-state index in [1.54, 1.807) is 30.2 Å². The van der Waals surface area contributed by atoms with Gasteiger partial charge < -0.3 is 9.72 Å². The SMILES string of the molecule is Cl.Cn1nc(C2CCNCC2)nc1NC(=O)c1ccc2nccn2c1. The van der Waals surface area contributed by atoms with Gasteiger partial charge in [-0.25, -0.2) is 9.67 Å². The van der Waals surface area contributed by atoms with Gasteiger partial charge in [0.25, 0.3) is 5.91 Å². The van der Waals surface area contributed by atoms with Crippen molar-refractivity contribution in [3.8, 4) is 0 Å². The van der Waals surface area contributed by atoms with Gasteiger partial charge in [0.2, 0.25) is 5.95 Å². The topological polar surface area (TPSA) is 89.1 Å². The number of imidazole rings is 1. The third kappa shape index (κ3) is 3.49. The Morgan fingerprint density at radius 2 is 2.12 bits per heavy atom. The summed E-state index contributed by atoms with van der Waals surface area (Å²) in [6, 6.07) is 3.56. The van der Waals surface area contributed by atoms with Crippen molar-refractivity contribution in [1.29, 1.82) is 0 Å². The van der Waals surface area contributed by atoms with Gasteiger partial charge in [-0.05, 0) is 38.1 Å². The van der Waals surface area contributed by atoms with Gasteiger partial charge in [0.15, 0.2) is 5.82 Å². The Morgan fingerprint density at radius 3 is 2.92 bits per heavy atom. The first-order valence-electron chi connectivity index (χ1n) is 8.06. The fraction of sp³-hybridized carbons (Fsp3) is 0.375. The summed E-state index contributed by atoms with van der Waals surface area (Å²) in [5.74, 6) is 1.42. The van der Waals surface area contributed by atoms with Crippen LogP contribution in [0.25, 0.3) is 5.65 Å². The predicted octanol–water partition coefficient (Wildman–Crippen LogP) is 1.60. The molecule has 8 nitrogen and oxygen atoms in total. The van der Waals surface area contributed by atoms with Gasteiger partial charge in [-0.2, -0.15) is 10.1 Å². The summed E-state index contributed by atoms with van der Waals surface area (Å²) < 4.78 is 3.44. The van der Waals surface area contributed by atoms with Gasteiger partial charge in [-0.1, -0.05) is 0 Å². The van der Waals surface area contributed by atoms with Crippen molar-refractivity contribution < 1.29 is 4.79 Å². The second-order valence-electron chi connectivity index (χ2n) is 6.01. The highest BCUT2D eigenvalue weighted by atomic mass is 35.5. The average Bonchev–Trinajstić information content (AvgIpc) is 3.22. The Balaban J connectivity index is 0.00000182. The number of nitrogens with one attached hydrogen (secondary N) is 2. The number of aromatic nitrogens is 5. The number of anilines is 1. The number of hydrogen-bond donors (Lipinski definition) is 2. The first-order valence-corrected chi connectivity index (χ1v) is 8.06. The summed E-state index contributed by atoms with van der Waals surface area (Å²) in [6.07, 6.45) is 7.31. The highest BCUT2D eigenvalue weighted by molar-refractivity contribution is 6.03. The van der Waals surface area contributed by atoms with Crippen molar-refractivity contribution in [2.75, 3.05) is 18.4 Å². The lowest BCUT2D eigenvalue weighted by atomic mass is 9.98. The molecule has 1 amide bonds. The molecule has 3 aromatic heterocycles. The number of carbonyl (C=O) groups excluding carboxylic acids is 1. The molecule has 4 heterocycles. The Hall–Kier alpha value is -2.45. The Bertz CT molecular complexity index is 882. The van der Waals surface area contributed by atoms with Gasteiger partial charge >= 0.3 is 0 Å². The van der Waals surface area contributed by atoms with Gasteiger partial charge in [0.05, 0.1) is 5.56 Å². The van der Waals surface area contributed by atoms with E-state index in [0.717, 1.165) is 37.4 Å². The minimum Gasteiger partial charge on any atom is -0.317 e. The zero-order valence-corrected chi connectivity index (χ0v) is 14.7. The van der Waals surface area contributed by atoms with Crippen LogP contribution in [0, 0.1) is 0 Å². The summed E-state index contributed by atoms with van der Waals surface area (Å²) >= 11 is 0. The second-order valence-corrected chi connectivity index (χ2v) is 6.01. The maximum Gasteiger partial charge on any atom is 0.259 e. The number of hydrogen-bond acceptors (Lipinski definition) is 5. The number of rotatable bonds is 3. The third-order valence-corrected chi connectivity index (χ3v) is 4.36. The van der Waals surface area contributed by atoms with Crippen molar-refractivity contribution >= 4 is 29.9 Å². The molecule has 0 aliphatic carbocycles. The number of carbonyl (C=O) groups is 1. The molecule has 0 bridgehead atoms. The minimum absolute atomic E-state index is 0. The molecule has 3 aromatic rings. The number of aryl methyl sites for hydroxylation is 1. The molecule has 0 aromatic carbocycles. The first-order chi connectivity index (χ1) is 11.7. The average molecular weight is 362 g/mol. The molecular weight excluding hydrogens is 342 g/mol. The summed E-state index contributed by atoms with van der Waals surface area (Å²) in [5.41, 5.74) is 1.35. The number of halogens is 1. The standard InChI is InChI=1S/C16H19N7O.ClH/c1-22-16(19-14(21-22)11-4-6-17-7-5-11)20-15(24)12-2-3-13-18-8-9-23(13)10-12;/h2-3,8-11,17H,4-7H2,1H3,(H,19,20,21,24);1H. The van der Waals surface area contributed by atoms with E-state index in [4.69, 9.17) is 0 Å². The maximum absolute atomic E-state index is 12.5. The van der Waals surface area contributed by atoms with Gasteiger partial charge in [0.1, 0.15) is 5.65 Å². The second kappa shape index (κ2) is 7.20. The molecule has 0 spiro atoms. The highest BCUT2D eigenvalue weighted by Gasteiger charge is 2.21. The normalized spacial score (nSPS) is 15.1. The molecule has 0 radical (unpaired) electrons. The maximum atomic E-state index is 12.5. The van der Waals surface area contributed by atoms with E-state index in [0.29, 0.717) is 17.4 Å². The van der Waals surface area contributed by atoms with Gasteiger partial charge in [0, 0.05) is 31.6 Å². The molecule has 0 atom stereocenters. The fourth-order valence-electron chi connectivity index (χ4n) is 2.99. The molecule has 0 saturated carbocycles. The van der Waals surface area contributed by atoms with E-state index in [2.05, 4.69) is 25.7 Å². The lowest BCUT2D eigenvalue weighted by Crippen LogP contribution is -2.27. The van der Waals surface area contributed by atoms with Crippen molar-refractivity contribution in [3.05, 3.63) is 42.1 Å². The molecule has 1 aliphatic rings. The zero-order chi connectivity index (χ0) is 16.5. The molecule has 132 valence electrons. The Labute approximate surface area is 151 Å². The van der Waals surface area contributed by atoms with Crippen molar-refractivity contribution in [1.82, 2.24) is 29.5 Å². The van der Waals surface area contributed by atoms with Crippen LogP contribution in [0.5, 0.6) is 0 Å². The number of piperidine rings is 1. The van der Waals surface area contributed by atoms with Crippen LogP contribution in [0.15, 0.2) is 30.7 Å². The summed E-state index contributed by atoms with van der Waals surface area (Å²) in [7, 11) is 1.80. The lowest BCUT2D eigenvalue weighted by molar-refractivity contribution is 0.102. The Morgan fingerprint density at radius 1 is 1.32 bits per heavy atom. The van der Waals surface area contributed by atoms with Crippen LogP contribution in [0.3, 0.4) is 0 Å². The smallest absolute Gasteiger partial charge is 0.259 e. The Kier molecular flexibility index (Phi) is 5.00. The molecule has 1 fully saturated rings. The monoisotopic (exact) mass is 361 g/mol. The van der Waals surface area contributed by atoms with E-state index < -0.39 is 0 Å². The quantitative estimate of drug-likeness (QED) is 0.739. The zero-order valence-electron chi connectivity index (χ0n) is 13.8. The van der Waals surface area contributed by atoms with Crippen LogP contribution in [0.1, 0.15) is 34.9 Å². The first kappa shape index (κ1) is 17.4. The number of fused-ring (bicyclic) bond motifs is 1. The number of pyridine rings is 1. The van der Waals surface area contributed by atoms with E-state index in [1.807, 2.05) is 16.7 Å².